The Hall–Kier alpha value is -2.61. The summed E-state index contributed by atoms with van der Waals surface area (Å²) in [4.78, 5) is 15.8. The molecule has 5 heteroatoms. The Labute approximate surface area is 104 Å². The van der Waals surface area contributed by atoms with Crippen LogP contribution in [0.5, 0.6) is 0 Å². The van der Waals surface area contributed by atoms with E-state index in [4.69, 9.17) is 9.68 Å². The molecule has 0 radical (unpaired) electrons. The van der Waals surface area contributed by atoms with Gasteiger partial charge in [0.2, 0.25) is 5.76 Å². The van der Waals surface area contributed by atoms with E-state index in [1.807, 2.05) is 13.0 Å². The molecular formula is C13H11N3O2. The summed E-state index contributed by atoms with van der Waals surface area (Å²) >= 11 is 0. The van der Waals surface area contributed by atoms with Gasteiger partial charge in [-0.15, -0.1) is 0 Å². The zero-order valence-corrected chi connectivity index (χ0v) is 10.0. The first kappa shape index (κ1) is 11.9. The highest BCUT2D eigenvalue weighted by atomic mass is 16.3. The second kappa shape index (κ2) is 4.72. The number of benzene rings is 1. The van der Waals surface area contributed by atoms with Gasteiger partial charge in [0.25, 0.3) is 5.91 Å². The van der Waals surface area contributed by atoms with E-state index in [9.17, 15) is 4.79 Å². The molecule has 90 valence electrons. The summed E-state index contributed by atoms with van der Waals surface area (Å²) < 4.78 is 5.01. The number of anilines is 1. The second-order valence-corrected chi connectivity index (χ2v) is 3.86. The number of oxazole rings is 1. The smallest absolute Gasteiger partial charge is 0.293 e. The van der Waals surface area contributed by atoms with Gasteiger partial charge in [0, 0.05) is 5.69 Å². The average molecular weight is 241 g/mol. The molecule has 0 aliphatic rings. The Morgan fingerprint density at radius 1 is 1.44 bits per heavy atom. The summed E-state index contributed by atoms with van der Waals surface area (Å²) in [5.74, 6) is -0.194. The molecular weight excluding hydrogens is 230 g/mol. The third kappa shape index (κ3) is 2.23. The molecule has 0 atom stereocenters. The molecule has 1 heterocycles. The highest BCUT2D eigenvalue weighted by molar-refractivity contribution is 6.03. The quantitative estimate of drug-likeness (QED) is 0.875. The van der Waals surface area contributed by atoms with Crippen LogP contribution in [0.3, 0.4) is 0 Å². The predicted octanol–water partition coefficient (Wildman–Crippen LogP) is 2.42. The minimum absolute atomic E-state index is 0.178. The first-order chi connectivity index (χ1) is 8.61. The molecule has 1 amide bonds. The molecule has 1 aromatic carbocycles. The Morgan fingerprint density at radius 2 is 2.22 bits per heavy atom. The summed E-state index contributed by atoms with van der Waals surface area (Å²) in [6, 6.07) is 7.13. The monoisotopic (exact) mass is 241 g/mol. The zero-order valence-electron chi connectivity index (χ0n) is 10.0. The van der Waals surface area contributed by atoms with Crippen molar-refractivity contribution in [2.24, 2.45) is 0 Å². The predicted molar refractivity (Wildman–Crippen MR) is 65.1 cm³/mol. The lowest BCUT2D eigenvalue weighted by Crippen LogP contribution is -2.13. The second-order valence-electron chi connectivity index (χ2n) is 3.86. The Balaban J connectivity index is 2.27. The minimum atomic E-state index is -0.372. The third-order valence-corrected chi connectivity index (χ3v) is 2.57. The van der Waals surface area contributed by atoms with E-state index in [2.05, 4.69) is 10.3 Å². The van der Waals surface area contributed by atoms with Crippen LogP contribution < -0.4 is 5.32 Å². The minimum Gasteiger partial charge on any atom is -0.438 e. The molecule has 0 aliphatic carbocycles. The molecule has 0 saturated carbocycles. The van der Waals surface area contributed by atoms with Gasteiger partial charge >= 0.3 is 0 Å². The van der Waals surface area contributed by atoms with Gasteiger partial charge in [-0.25, -0.2) is 4.98 Å². The van der Waals surface area contributed by atoms with Crippen molar-refractivity contribution < 1.29 is 9.21 Å². The van der Waals surface area contributed by atoms with Gasteiger partial charge in [0.1, 0.15) is 0 Å². The Morgan fingerprint density at radius 3 is 2.83 bits per heavy atom. The van der Waals surface area contributed by atoms with Crippen molar-refractivity contribution >= 4 is 11.6 Å². The molecule has 0 bridgehead atoms. The van der Waals surface area contributed by atoms with Gasteiger partial charge in [0.15, 0.2) is 6.39 Å². The molecule has 1 aromatic heterocycles. The van der Waals surface area contributed by atoms with Gasteiger partial charge < -0.3 is 9.73 Å². The number of rotatable bonds is 2. The highest BCUT2D eigenvalue weighted by Crippen LogP contribution is 2.18. The number of amides is 1. The number of nitriles is 1. The van der Waals surface area contributed by atoms with Gasteiger partial charge in [-0.05, 0) is 31.5 Å². The average Bonchev–Trinajstić information content (AvgIpc) is 2.78. The zero-order chi connectivity index (χ0) is 13.1. The molecule has 5 nitrogen and oxygen atoms in total. The maximum atomic E-state index is 11.9. The molecule has 0 unspecified atom stereocenters. The Kier molecular flexibility index (Phi) is 3.11. The largest absolute Gasteiger partial charge is 0.438 e. The van der Waals surface area contributed by atoms with Crippen molar-refractivity contribution in [3.63, 3.8) is 0 Å². The molecule has 0 aliphatic heterocycles. The standard InChI is InChI=1S/C13H11N3O2/c1-8-3-4-10(6-14)5-11(8)16-13(17)12-9(2)15-7-18-12/h3-5,7H,1-2H3,(H,16,17). The van der Waals surface area contributed by atoms with Gasteiger partial charge in [-0.3, -0.25) is 4.79 Å². The normalized spacial score (nSPS) is 9.83. The summed E-state index contributed by atoms with van der Waals surface area (Å²) in [6.45, 7) is 3.54. The van der Waals surface area contributed by atoms with Gasteiger partial charge in [-0.1, -0.05) is 6.07 Å². The molecule has 2 rings (SSSR count). The maximum Gasteiger partial charge on any atom is 0.293 e. The molecule has 0 fully saturated rings. The van der Waals surface area contributed by atoms with E-state index in [-0.39, 0.29) is 11.7 Å². The van der Waals surface area contributed by atoms with Crippen LogP contribution in [0, 0.1) is 25.2 Å². The lowest BCUT2D eigenvalue weighted by molar-refractivity contribution is 0.0996. The summed E-state index contributed by atoms with van der Waals surface area (Å²) in [7, 11) is 0. The van der Waals surface area contributed by atoms with Crippen molar-refractivity contribution in [1.29, 1.82) is 5.26 Å². The molecule has 2 aromatic rings. The Bertz CT molecular complexity index is 638. The van der Waals surface area contributed by atoms with Crippen LogP contribution in [0.4, 0.5) is 5.69 Å². The number of carbonyl (C=O) groups is 1. The van der Waals surface area contributed by atoms with Crippen molar-refractivity contribution in [3.8, 4) is 6.07 Å². The van der Waals surface area contributed by atoms with Crippen LogP contribution in [0.1, 0.15) is 27.4 Å². The number of carbonyl (C=O) groups excluding carboxylic acids is 1. The number of nitrogens with one attached hydrogen (secondary N) is 1. The van der Waals surface area contributed by atoms with Crippen molar-refractivity contribution in [2.75, 3.05) is 5.32 Å². The van der Waals surface area contributed by atoms with Crippen molar-refractivity contribution in [3.05, 3.63) is 47.2 Å². The van der Waals surface area contributed by atoms with Gasteiger partial charge in [0.05, 0.1) is 17.3 Å². The highest BCUT2D eigenvalue weighted by Gasteiger charge is 2.14. The van der Waals surface area contributed by atoms with Crippen LogP contribution >= 0.6 is 0 Å². The van der Waals surface area contributed by atoms with E-state index < -0.39 is 0 Å². The first-order valence-corrected chi connectivity index (χ1v) is 5.34. The van der Waals surface area contributed by atoms with Crippen molar-refractivity contribution in [2.45, 2.75) is 13.8 Å². The molecule has 0 spiro atoms. The van der Waals surface area contributed by atoms with Crippen LogP contribution in [0.25, 0.3) is 0 Å². The SMILES string of the molecule is Cc1ccc(C#N)cc1NC(=O)c1ocnc1C. The molecule has 0 saturated heterocycles. The van der Waals surface area contributed by atoms with E-state index in [1.54, 1.807) is 25.1 Å². The fourth-order valence-electron chi connectivity index (χ4n) is 1.53. The van der Waals surface area contributed by atoms with E-state index >= 15 is 0 Å². The fraction of sp³-hybridized carbons (Fsp3) is 0.154. The lowest BCUT2D eigenvalue weighted by Gasteiger charge is -2.07. The number of nitrogens with zero attached hydrogens (tertiary/aromatic N) is 2. The number of hydrogen-bond acceptors (Lipinski definition) is 4. The number of aryl methyl sites for hydroxylation is 2. The third-order valence-electron chi connectivity index (χ3n) is 2.57. The van der Waals surface area contributed by atoms with Crippen LogP contribution in [-0.4, -0.2) is 10.9 Å². The van der Waals surface area contributed by atoms with Crippen LogP contribution in [0.2, 0.25) is 0 Å². The maximum absolute atomic E-state index is 11.9. The van der Waals surface area contributed by atoms with Gasteiger partial charge in [-0.2, -0.15) is 5.26 Å². The summed E-state index contributed by atoms with van der Waals surface area (Å²) in [5.41, 5.74) is 2.49. The topological polar surface area (TPSA) is 78.9 Å². The van der Waals surface area contributed by atoms with Crippen molar-refractivity contribution in [1.82, 2.24) is 4.98 Å². The van der Waals surface area contributed by atoms with E-state index in [0.717, 1.165) is 5.56 Å². The number of hydrogen-bond donors (Lipinski definition) is 1. The first-order valence-electron chi connectivity index (χ1n) is 5.34. The lowest BCUT2D eigenvalue weighted by atomic mass is 10.1. The van der Waals surface area contributed by atoms with E-state index in [1.165, 1.54) is 6.39 Å². The van der Waals surface area contributed by atoms with Crippen LogP contribution in [0.15, 0.2) is 29.0 Å². The summed E-state index contributed by atoms with van der Waals surface area (Å²) in [6.07, 6.45) is 1.23. The molecule has 18 heavy (non-hydrogen) atoms. The molecule has 1 N–H and O–H groups in total. The number of aromatic nitrogens is 1. The van der Waals surface area contributed by atoms with Crippen LogP contribution in [-0.2, 0) is 0 Å². The fourth-order valence-corrected chi connectivity index (χ4v) is 1.53. The van der Waals surface area contributed by atoms with E-state index in [0.29, 0.717) is 16.9 Å². The summed E-state index contributed by atoms with van der Waals surface area (Å²) in [5, 5.41) is 11.5.